The number of hydrogen-bond donors (Lipinski definition) is 2. The summed E-state index contributed by atoms with van der Waals surface area (Å²) in [6, 6.07) is 7.56. The van der Waals surface area contributed by atoms with E-state index in [2.05, 4.69) is 31.4 Å². The van der Waals surface area contributed by atoms with Gasteiger partial charge in [0.25, 0.3) is 0 Å². The normalized spacial score (nSPS) is 25.4. The fraction of sp³-hybridized carbons (Fsp3) is 0.688. The maximum Gasteiger partial charge on any atom is 0.243 e. The monoisotopic (exact) mass is 565 g/mol. The number of piperidine rings is 1. The minimum Gasteiger partial charge on any atom is -0.350 e. The van der Waals surface area contributed by atoms with Gasteiger partial charge in [-0.05, 0) is 48.6 Å². The molecule has 3 aliphatic heterocycles. The standard InChI is InChI=1S/C32H47N5O4/c1-32(2,3)18-29(39)35-14-12-26(13-15-35)36-21-30(40)37-20-25(34-24-10-6-7-11-24)17-27(37)31(41)33-19-23-9-5-4-8-22(23)16-28(36)38/h4-5,8-9,24-27,34H,6-7,10-21H2,1-3H3,(H,33,41)/t25-,27-/m0/s1. The van der Waals surface area contributed by atoms with Crippen LogP contribution in [0.2, 0.25) is 0 Å². The van der Waals surface area contributed by atoms with Crippen molar-refractivity contribution < 1.29 is 19.2 Å². The highest BCUT2D eigenvalue weighted by atomic mass is 16.2. The van der Waals surface area contributed by atoms with E-state index < -0.39 is 6.04 Å². The van der Waals surface area contributed by atoms with Gasteiger partial charge in [-0.2, -0.15) is 0 Å². The maximum atomic E-state index is 13.9. The number of benzene rings is 1. The van der Waals surface area contributed by atoms with Gasteiger partial charge in [0.15, 0.2) is 0 Å². The predicted molar refractivity (Wildman–Crippen MR) is 157 cm³/mol. The van der Waals surface area contributed by atoms with Crippen molar-refractivity contribution in [3.63, 3.8) is 0 Å². The van der Waals surface area contributed by atoms with E-state index >= 15 is 0 Å². The lowest BCUT2D eigenvalue weighted by atomic mass is 9.91. The first-order valence-corrected chi connectivity index (χ1v) is 15.5. The zero-order valence-electron chi connectivity index (χ0n) is 25.0. The van der Waals surface area contributed by atoms with E-state index in [1.54, 1.807) is 9.80 Å². The number of nitrogens with one attached hydrogen (secondary N) is 2. The summed E-state index contributed by atoms with van der Waals surface area (Å²) in [7, 11) is 0. The van der Waals surface area contributed by atoms with E-state index in [0.29, 0.717) is 57.9 Å². The van der Waals surface area contributed by atoms with Crippen molar-refractivity contribution in [1.82, 2.24) is 25.3 Å². The van der Waals surface area contributed by atoms with Crippen LogP contribution in [-0.4, -0.2) is 88.7 Å². The first-order valence-electron chi connectivity index (χ1n) is 15.5. The molecule has 2 N–H and O–H groups in total. The number of rotatable bonds is 4. The second-order valence-electron chi connectivity index (χ2n) is 13.7. The van der Waals surface area contributed by atoms with Crippen LogP contribution in [0.1, 0.15) is 83.3 Å². The average molecular weight is 566 g/mol. The molecule has 224 valence electrons. The minimum atomic E-state index is -0.554. The van der Waals surface area contributed by atoms with Gasteiger partial charge in [0.1, 0.15) is 12.6 Å². The SMILES string of the molecule is CC(C)(C)CC(=O)N1CCC(N2CC(=O)N3C[C@@H](NC4CCCC4)C[C@H]3C(=O)NCc3ccccc3CC2=O)CC1. The Hall–Kier alpha value is -2.94. The number of nitrogens with zero attached hydrogens (tertiary/aromatic N) is 3. The van der Waals surface area contributed by atoms with E-state index in [1.165, 1.54) is 12.8 Å². The van der Waals surface area contributed by atoms with Gasteiger partial charge in [0.2, 0.25) is 23.6 Å². The Morgan fingerprint density at radius 3 is 2.29 bits per heavy atom. The molecule has 4 amide bonds. The van der Waals surface area contributed by atoms with Crippen molar-refractivity contribution >= 4 is 23.6 Å². The Kier molecular flexibility index (Phi) is 9.02. The topological polar surface area (TPSA) is 102 Å². The second-order valence-corrected chi connectivity index (χ2v) is 13.7. The minimum absolute atomic E-state index is 0.0401. The molecule has 9 heteroatoms. The summed E-state index contributed by atoms with van der Waals surface area (Å²) in [5.74, 6) is -0.233. The van der Waals surface area contributed by atoms with Crippen LogP contribution in [-0.2, 0) is 32.1 Å². The highest BCUT2D eigenvalue weighted by molar-refractivity contribution is 5.91. The molecule has 0 aromatic heterocycles. The predicted octanol–water partition coefficient (Wildman–Crippen LogP) is 2.62. The van der Waals surface area contributed by atoms with Crippen LogP contribution in [0.15, 0.2) is 24.3 Å². The Balaban J connectivity index is 1.35. The van der Waals surface area contributed by atoms with Crippen molar-refractivity contribution in [2.75, 3.05) is 26.2 Å². The highest BCUT2D eigenvalue weighted by Crippen LogP contribution is 2.27. The van der Waals surface area contributed by atoms with Crippen LogP contribution in [0.25, 0.3) is 0 Å². The third-order valence-corrected chi connectivity index (χ3v) is 9.23. The van der Waals surface area contributed by atoms with Crippen LogP contribution in [0.4, 0.5) is 0 Å². The molecule has 0 spiro atoms. The van der Waals surface area contributed by atoms with Gasteiger partial charge < -0.3 is 25.3 Å². The zero-order chi connectivity index (χ0) is 29.1. The summed E-state index contributed by atoms with van der Waals surface area (Å²) in [6.07, 6.45) is 7.25. The summed E-state index contributed by atoms with van der Waals surface area (Å²) in [5, 5.41) is 6.77. The molecule has 3 fully saturated rings. The summed E-state index contributed by atoms with van der Waals surface area (Å²) in [4.78, 5) is 59.4. The van der Waals surface area contributed by atoms with Crippen molar-refractivity contribution in [3.05, 3.63) is 35.4 Å². The zero-order valence-corrected chi connectivity index (χ0v) is 25.0. The average Bonchev–Trinajstić information content (AvgIpc) is 3.60. The number of carbonyl (C=O) groups is 4. The summed E-state index contributed by atoms with van der Waals surface area (Å²) < 4.78 is 0. The lowest BCUT2D eigenvalue weighted by molar-refractivity contribution is -0.146. The van der Waals surface area contributed by atoms with Gasteiger partial charge in [-0.15, -0.1) is 0 Å². The first kappa shape index (κ1) is 29.5. The van der Waals surface area contributed by atoms with Gasteiger partial charge in [-0.25, -0.2) is 0 Å². The Morgan fingerprint density at radius 2 is 1.61 bits per heavy atom. The number of amides is 4. The quantitative estimate of drug-likeness (QED) is 0.585. The summed E-state index contributed by atoms with van der Waals surface area (Å²) in [5.41, 5.74) is 1.72. The molecule has 0 radical (unpaired) electrons. The van der Waals surface area contributed by atoms with Crippen LogP contribution in [0.3, 0.4) is 0 Å². The fourth-order valence-electron chi connectivity index (χ4n) is 7.02. The van der Waals surface area contributed by atoms with Crippen molar-refractivity contribution in [2.24, 2.45) is 5.41 Å². The molecule has 5 rings (SSSR count). The molecule has 0 bridgehead atoms. The van der Waals surface area contributed by atoms with Gasteiger partial charge in [-0.1, -0.05) is 57.9 Å². The summed E-state index contributed by atoms with van der Waals surface area (Å²) >= 11 is 0. The van der Waals surface area contributed by atoms with E-state index in [4.69, 9.17) is 0 Å². The second kappa shape index (κ2) is 12.5. The van der Waals surface area contributed by atoms with Gasteiger partial charge >= 0.3 is 0 Å². The molecule has 1 aromatic rings. The van der Waals surface area contributed by atoms with Crippen LogP contribution < -0.4 is 10.6 Å². The molecule has 41 heavy (non-hydrogen) atoms. The van der Waals surface area contributed by atoms with E-state index in [9.17, 15) is 19.2 Å². The molecule has 2 atom stereocenters. The lowest BCUT2D eigenvalue weighted by Gasteiger charge is -2.40. The van der Waals surface area contributed by atoms with Crippen molar-refractivity contribution in [1.29, 1.82) is 0 Å². The molecular formula is C32H47N5O4. The van der Waals surface area contributed by atoms with Crippen LogP contribution >= 0.6 is 0 Å². The smallest absolute Gasteiger partial charge is 0.243 e. The Labute approximate surface area is 244 Å². The highest BCUT2D eigenvalue weighted by Gasteiger charge is 2.42. The number of hydrogen-bond acceptors (Lipinski definition) is 5. The summed E-state index contributed by atoms with van der Waals surface area (Å²) in [6.45, 7) is 8.12. The van der Waals surface area contributed by atoms with E-state index in [-0.39, 0.29) is 54.1 Å². The number of carbonyl (C=O) groups excluding carboxylic acids is 4. The van der Waals surface area contributed by atoms with Gasteiger partial charge in [0.05, 0.1) is 6.42 Å². The van der Waals surface area contributed by atoms with Gasteiger partial charge in [-0.3, -0.25) is 19.2 Å². The molecule has 1 saturated carbocycles. The third-order valence-electron chi connectivity index (χ3n) is 9.23. The molecule has 0 unspecified atom stereocenters. The molecule has 1 aliphatic carbocycles. The molecular weight excluding hydrogens is 518 g/mol. The molecule has 4 aliphatic rings. The van der Waals surface area contributed by atoms with Gasteiger partial charge in [0, 0.05) is 50.7 Å². The number of fused-ring (bicyclic) bond motifs is 2. The third kappa shape index (κ3) is 7.29. The molecule has 3 heterocycles. The Bertz CT molecular complexity index is 1130. The number of likely N-dealkylation sites (tertiary alicyclic amines) is 1. The lowest BCUT2D eigenvalue weighted by Crippen LogP contribution is -2.55. The van der Waals surface area contributed by atoms with E-state index in [0.717, 1.165) is 24.0 Å². The fourth-order valence-corrected chi connectivity index (χ4v) is 7.02. The Morgan fingerprint density at radius 1 is 0.927 bits per heavy atom. The van der Waals surface area contributed by atoms with Crippen LogP contribution in [0, 0.1) is 5.41 Å². The maximum absolute atomic E-state index is 13.9. The molecule has 1 aromatic carbocycles. The van der Waals surface area contributed by atoms with Crippen LogP contribution in [0.5, 0.6) is 0 Å². The largest absolute Gasteiger partial charge is 0.350 e. The molecule has 2 saturated heterocycles. The molecule has 9 nitrogen and oxygen atoms in total. The van der Waals surface area contributed by atoms with Crippen molar-refractivity contribution in [3.8, 4) is 0 Å². The van der Waals surface area contributed by atoms with E-state index in [1.807, 2.05) is 29.2 Å². The van der Waals surface area contributed by atoms with Crippen molar-refractivity contribution in [2.45, 2.75) is 109 Å². The first-order chi connectivity index (χ1) is 19.6.